The highest BCUT2D eigenvalue weighted by Crippen LogP contribution is 2.37. The van der Waals surface area contributed by atoms with Gasteiger partial charge in [-0.05, 0) is 48.2 Å². The van der Waals surface area contributed by atoms with Gasteiger partial charge in [-0.25, -0.2) is 9.69 Å². The van der Waals surface area contributed by atoms with E-state index in [1.165, 1.54) is 16.7 Å². The Morgan fingerprint density at radius 3 is 2.68 bits per heavy atom. The Labute approximate surface area is 191 Å². The molecule has 2 aromatic carbocycles. The van der Waals surface area contributed by atoms with Crippen LogP contribution in [0.3, 0.4) is 0 Å². The average Bonchev–Trinajstić information content (AvgIpc) is 3.43. The summed E-state index contributed by atoms with van der Waals surface area (Å²) in [5, 5.41) is 5.53. The second-order valence-corrected chi connectivity index (χ2v) is 9.23. The fourth-order valence-electron chi connectivity index (χ4n) is 3.73. The number of benzene rings is 2. The van der Waals surface area contributed by atoms with Crippen molar-refractivity contribution in [1.29, 1.82) is 0 Å². The number of urea groups is 1. The van der Waals surface area contributed by atoms with E-state index in [2.05, 4.69) is 26.1 Å². The molecule has 0 aliphatic carbocycles. The number of imide groups is 1. The summed E-state index contributed by atoms with van der Waals surface area (Å²) in [6.07, 6.45) is 1.88. The molecule has 3 aromatic rings. The van der Waals surface area contributed by atoms with Crippen LogP contribution in [0.2, 0.25) is 0 Å². The summed E-state index contributed by atoms with van der Waals surface area (Å²) >= 11 is 4.83. The second-order valence-electron chi connectivity index (χ2n) is 7.27. The molecule has 3 heterocycles. The summed E-state index contributed by atoms with van der Waals surface area (Å²) in [6.45, 7) is 2.00. The Bertz CT molecular complexity index is 1190. The first kappa shape index (κ1) is 20.0. The highest BCUT2D eigenvalue weighted by atomic mass is 79.9. The smallest absolute Gasteiger partial charge is 0.332 e. The van der Waals surface area contributed by atoms with Crippen LogP contribution in [0.25, 0.3) is 11.4 Å². The summed E-state index contributed by atoms with van der Waals surface area (Å²) in [4.78, 5) is 33.9. The molecule has 2 atom stereocenters. The molecule has 3 amide bonds. The van der Waals surface area contributed by atoms with Crippen molar-refractivity contribution in [3.63, 3.8) is 0 Å². The van der Waals surface area contributed by atoms with Crippen LogP contribution in [0.15, 0.2) is 69.0 Å². The van der Waals surface area contributed by atoms with Crippen molar-refractivity contribution < 1.29 is 14.1 Å². The minimum absolute atomic E-state index is 0.115. The minimum atomic E-state index is -0.397. The first-order valence-electron chi connectivity index (χ1n) is 9.64. The number of hydrogen-bond acceptors (Lipinski definition) is 6. The number of aryl methyl sites for hydroxylation is 1. The largest absolute Gasteiger partial charge is 0.337 e. The monoisotopic (exact) mass is 496 g/mol. The first-order chi connectivity index (χ1) is 15.0. The maximum atomic E-state index is 13.4. The fraction of sp³-hybridized carbons (Fsp3) is 0.182. The van der Waals surface area contributed by atoms with Gasteiger partial charge in [-0.15, -0.1) is 11.8 Å². The van der Waals surface area contributed by atoms with Crippen LogP contribution in [0.5, 0.6) is 0 Å². The number of anilines is 1. The molecule has 0 radical (unpaired) electrons. The van der Waals surface area contributed by atoms with Gasteiger partial charge in [0.2, 0.25) is 11.7 Å². The van der Waals surface area contributed by atoms with E-state index in [4.69, 9.17) is 4.52 Å². The highest BCUT2D eigenvalue weighted by molar-refractivity contribution is 9.10. The zero-order valence-electron chi connectivity index (χ0n) is 16.4. The van der Waals surface area contributed by atoms with E-state index in [9.17, 15) is 9.59 Å². The summed E-state index contributed by atoms with van der Waals surface area (Å²) in [6, 6.07) is 14.2. The lowest BCUT2D eigenvalue weighted by molar-refractivity contribution is -0.119. The van der Waals surface area contributed by atoms with Gasteiger partial charge in [-0.1, -0.05) is 45.4 Å². The molecule has 0 bridgehead atoms. The summed E-state index contributed by atoms with van der Waals surface area (Å²) in [5.74, 6) is 0.553. The molecule has 2 aliphatic heterocycles. The van der Waals surface area contributed by atoms with Gasteiger partial charge in [-0.3, -0.25) is 4.79 Å². The quantitative estimate of drug-likeness (QED) is 0.517. The van der Waals surface area contributed by atoms with Crippen LogP contribution >= 0.6 is 27.7 Å². The van der Waals surface area contributed by atoms with Gasteiger partial charge in [0.15, 0.2) is 0 Å². The van der Waals surface area contributed by atoms with E-state index < -0.39 is 11.3 Å². The van der Waals surface area contributed by atoms with Gasteiger partial charge in [-0.2, -0.15) is 4.98 Å². The second kappa shape index (κ2) is 7.97. The summed E-state index contributed by atoms with van der Waals surface area (Å²) in [5.41, 5.74) is 2.26. The predicted octanol–water partition coefficient (Wildman–Crippen LogP) is 4.77. The molecular formula is C22H17BrN4O3S. The highest BCUT2D eigenvalue weighted by Gasteiger charge is 2.48. The molecule has 1 aromatic heterocycles. The number of carbonyl (C=O) groups is 2. The molecule has 7 nitrogen and oxygen atoms in total. The van der Waals surface area contributed by atoms with Crippen LogP contribution in [0, 0.1) is 6.92 Å². The standard InChI is InChI=1S/C22H17BrN4O3S/c1-13-4-2-3-5-16(13)27-21(28)19-17(10-11-31-19)26(22(27)29)12-18-24-20(25-30-18)14-6-8-15(23)9-7-14/h2-11,17,19H,12H2,1H3. The van der Waals surface area contributed by atoms with Crippen molar-refractivity contribution in [3.05, 3.63) is 75.9 Å². The minimum Gasteiger partial charge on any atom is -0.337 e. The lowest BCUT2D eigenvalue weighted by Gasteiger charge is -2.40. The van der Waals surface area contributed by atoms with Crippen molar-refractivity contribution in [2.45, 2.75) is 24.8 Å². The maximum absolute atomic E-state index is 13.4. The van der Waals surface area contributed by atoms with Crippen molar-refractivity contribution in [1.82, 2.24) is 15.0 Å². The van der Waals surface area contributed by atoms with E-state index in [0.717, 1.165) is 15.6 Å². The van der Waals surface area contributed by atoms with Crippen LogP contribution in [0.1, 0.15) is 11.5 Å². The number of rotatable bonds is 4. The number of thioether (sulfide) groups is 1. The number of para-hydroxylation sites is 1. The Balaban J connectivity index is 1.46. The Morgan fingerprint density at radius 1 is 1.13 bits per heavy atom. The fourth-order valence-corrected chi connectivity index (χ4v) is 5.04. The van der Waals surface area contributed by atoms with Crippen molar-refractivity contribution in [2.75, 3.05) is 4.90 Å². The third-order valence-corrected chi connectivity index (χ3v) is 6.92. The van der Waals surface area contributed by atoms with Gasteiger partial charge in [0.05, 0.1) is 11.7 Å². The number of nitrogens with zero attached hydrogens (tertiary/aromatic N) is 4. The van der Waals surface area contributed by atoms with Gasteiger partial charge < -0.3 is 9.42 Å². The topological polar surface area (TPSA) is 79.5 Å². The van der Waals surface area contributed by atoms with Gasteiger partial charge in [0.1, 0.15) is 11.8 Å². The number of amides is 3. The van der Waals surface area contributed by atoms with E-state index in [1.54, 1.807) is 11.0 Å². The van der Waals surface area contributed by atoms with Crippen LogP contribution in [-0.2, 0) is 11.3 Å². The van der Waals surface area contributed by atoms with E-state index >= 15 is 0 Å². The third kappa shape index (κ3) is 3.57. The van der Waals surface area contributed by atoms with Crippen molar-refractivity contribution in [2.24, 2.45) is 0 Å². The predicted molar refractivity (Wildman–Crippen MR) is 121 cm³/mol. The molecule has 0 N–H and O–H groups in total. The number of fused-ring (bicyclic) bond motifs is 1. The third-order valence-electron chi connectivity index (χ3n) is 5.30. The zero-order valence-corrected chi connectivity index (χ0v) is 18.8. The molecule has 2 aliphatic rings. The summed E-state index contributed by atoms with van der Waals surface area (Å²) in [7, 11) is 0. The van der Waals surface area contributed by atoms with Crippen molar-refractivity contribution in [3.8, 4) is 11.4 Å². The molecule has 1 saturated heterocycles. The normalized spacial score (nSPS) is 20.5. The maximum Gasteiger partial charge on any atom is 0.332 e. The first-order valence-corrected chi connectivity index (χ1v) is 11.4. The molecule has 5 rings (SSSR count). The zero-order chi connectivity index (χ0) is 21.5. The Kier molecular flexibility index (Phi) is 5.15. The Hall–Kier alpha value is -2.91. The van der Waals surface area contributed by atoms with E-state index in [-0.39, 0.29) is 18.5 Å². The number of hydrogen-bond donors (Lipinski definition) is 0. The number of carbonyl (C=O) groups excluding carboxylic acids is 2. The Morgan fingerprint density at radius 2 is 1.90 bits per heavy atom. The van der Waals surface area contributed by atoms with Gasteiger partial charge >= 0.3 is 6.03 Å². The molecule has 0 saturated carbocycles. The lowest BCUT2D eigenvalue weighted by Crippen LogP contribution is -2.61. The van der Waals surface area contributed by atoms with Crippen LogP contribution < -0.4 is 4.90 Å². The molecule has 1 fully saturated rings. The number of halogens is 1. The van der Waals surface area contributed by atoms with E-state index in [1.807, 2.05) is 60.9 Å². The van der Waals surface area contributed by atoms with Crippen LogP contribution in [0.4, 0.5) is 10.5 Å². The van der Waals surface area contributed by atoms with Gasteiger partial charge in [0.25, 0.3) is 5.91 Å². The van der Waals surface area contributed by atoms with E-state index in [0.29, 0.717) is 17.4 Å². The molecular weight excluding hydrogens is 480 g/mol. The van der Waals surface area contributed by atoms with Crippen molar-refractivity contribution >= 4 is 45.3 Å². The summed E-state index contributed by atoms with van der Waals surface area (Å²) < 4.78 is 6.39. The molecule has 0 spiro atoms. The molecule has 2 unspecified atom stereocenters. The molecule has 156 valence electrons. The van der Waals surface area contributed by atoms with Crippen LogP contribution in [-0.4, -0.2) is 38.3 Å². The molecule has 9 heteroatoms. The van der Waals surface area contributed by atoms with Gasteiger partial charge in [0, 0.05) is 10.0 Å². The average molecular weight is 497 g/mol. The SMILES string of the molecule is Cc1ccccc1N1C(=O)C2SC=CC2N(Cc2nc(-c3ccc(Br)cc3)no2)C1=O. The lowest BCUT2D eigenvalue weighted by atomic mass is 10.1. The molecule has 31 heavy (non-hydrogen) atoms. The number of aromatic nitrogens is 2.